The van der Waals surface area contributed by atoms with Gasteiger partial charge in [0.15, 0.2) is 0 Å². The number of carbonyl (C=O) groups excluding carboxylic acids is 1. The molecule has 0 fully saturated rings. The molecule has 1 aliphatic rings. The van der Waals surface area contributed by atoms with Crippen molar-refractivity contribution in [3.63, 3.8) is 0 Å². The van der Waals surface area contributed by atoms with E-state index in [-0.39, 0.29) is 30.1 Å². The first kappa shape index (κ1) is 25.0. The highest BCUT2D eigenvalue weighted by Crippen LogP contribution is 2.36. The highest BCUT2D eigenvalue weighted by molar-refractivity contribution is 6.05. The number of ether oxygens (including phenoxy) is 1. The molecule has 4 rings (SSSR count). The Hall–Kier alpha value is -4.09. The number of nitrogens with one attached hydrogen (secondary N) is 4. The number of anilines is 3. The first-order valence-corrected chi connectivity index (χ1v) is 11.1. The number of alkyl halides is 3. The second-order valence-electron chi connectivity index (χ2n) is 8.02. The minimum absolute atomic E-state index is 0.0338. The predicted molar refractivity (Wildman–Crippen MR) is 132 cm³/mol. The molecule has 0 spiro atoms. The van der Waals surface area contributed by atoms with Crippen molar-refractivity contribution >= 4 is 28.7 Å². The molecule has 0 aliphatic carbocycles. The number of rotatable bonds is 8. The molecular weight excluding hydrogens is 473 g/mol. The van der Waals surface area contributed by atoms with Gasteiger partial charge in [0.05, 0.1) is 23.6 Å². The summed E-state index contributed by atoms with van der Waals surface area (Å²) >= 11 is 0. The second kappa shape index (κ2) is 10.7. The van der Waals surface area contributed by atoms with Crippen LogP contribution in [0.2, 0.25) is 0 Å². The molecule has 0 radical (unpaired) electrons. The number of halogens is 3. The van der Waals surface area contributed by atoms with Crippen molar-refractivity contribution in [2.75, 3.05) is 35.9 Å². The molecule has 8 nitrogen and oxygen atoms in total. The summed E-state index contributed by atoms with van der Waals surface area (Å²) in [6, 6.07) is 12.4. The Morgan fingerprint density at radius 2 is 2.00 bits per heavy atom. The Morgan fingerprint density at radius 3 is 2.72 bits per heavy atom. The Morgan fingerprint density at radius 1 is 1.17 bits per heavy atom. The lowest BCUT2D eigenvalue weighted by Crippen LogP contribution is -2.36. The smallest absolute Gasteiger partial charge is 0.383 e. The maximum absolute atomic E-state index is 13.6. The zero-order chi connectivity index (χ0) is 25.7. The topological polar surface area (TPSA) is 90.6 Å². The van der Waals surface area contributed by atoms with E-state index >= 15 is 0 Å². The maximum Gasteiger partial charge on any atom is 0.418 e. The minimum Gasteiger partial charge on any atom is -0.383 e. The fourth-order valence-electron chi connectivity index (χ4n) is 3.62. The molecule has 1 aliphatic heterocycles. The number of methoxy groups -OCH3 is 1. The molecule has 0 unspecified atom stereocenters. The van der Waals surface area contributed by atoms with E-state index in [2.05, 4.69) is 26.6 Å². The molecule has 1 aromatic heterocycles. The highest BCUT2D eigenvalue weighted by atomic mass is 19.4. The average Bonchev–Trinajstić information content (AvgIpc) is 3.35. The molecule has 0 atom stereocenters. The number of aromatic nitrogens is 1. The van der Waals surface area contributed by atoms with Crippen LogP contribution in [0.5, 0.6) is 0 Å². The van der Waals surface area contributed by atoms with Crippen molar-refractivity contribution in [3.8, 4) is 0 Å². The Labute approximate surface area is 206 Å². The number of hydrogen-bond acceptors (Lipinski definition) is 7. The fraction of sp³-hybridized carbons (Fsp3) is 0.200. The Balaban J connectivity index is 1.54. The zero-order valence-corrected chi connectivity index (χ0v) is 19.6. The monoisotopic (exact) mass is 498 g/mol. The summed E-state index contributed by atoms with van der Waals surface area (Å²) in [6.07, 6.45) is 0.625. The van der Waals surface area contributed by atoms with Crippen molar-refractivity contribution < 1.29 is 22.7 Å². The van der Waals surface area contributed by atoms with Gasteiger partial charge in [-0.3, -0.25) is 14.8 Å². The third kappa shape index (κ3) is 5.75. The molecule has 4 N–H and O–H groups in total. The molecule has 2 heterocycles. The predicted octanol–water partition coefficient (Wildman–Crippen LogP) is 4.55. The summed E-state index contributed by atoms with van der Waals surface area (Å²) in [5.74, 6) is -0.534. The Bertz CT molecular complexity index is 1260. The summed E-state index contributed by atoms with van der Waals surface area (Å²) < 4.78 is 45.7. The number of aryl methyl sites for hydroxylation is 1. The third-order valence-electron chi connectivity index (χ3n) is 5.48. The number of amides is 1. The molecule has 1 amide bonds. The standard InChI is InChI=1S/C25H25F3N6O2/c1-16-5-6-17(12-23(16)34-15-22(32-33-34)18-4-3-9-29-14-18)24(35)31-19-7-8-21(30-10-11-36-2)20(13-19)25(26,27)28/h3-9,12-15,30,32-33H,10-11H2,1-2H3,(H,31,35). The quantitative estimate of drug-likeness (QED) is 0.339. The summed E-state index contributed by atoms with van der Waals surface area (Å²) in [7, 11) is 1.47. The molecule has 2 aromatic carbocycles. The second-order valence-corrected chi connectivity index (χ2v) is 8.02. The summed E-state index contributed by atoms with van der Waals surface area (Å²) in [4.78, 5) is 17.0. The van der Waals surface area contributed by atoms with Crippen LogP contribution in [-0.4, -0.2) is 31.2 Å². The van der Waals surface area contributed by atoms with Gasteiger partial charge in [-0.1, -0.05) is 6.07 Å². The van der Waals surface area contributed by atoms with Crippen LogP contribution in [0.3, 0.4) is 0 Å². The van der Waals surface area contributed by atoms with Gasteiger partial charge in [0.1, 0.15) is 0 Å². The number of hydrazine groups is 2. The van der Waals surface area contributed by atoms with Gasteiger partial charge in [-0.15, -0.1) is 5.53 Å². The van der Waals surface area contributed by atoms with Crippen LogP contribution in [0.4, 0.5) is 30.2 Å². The van der Waals surface area contributed by atoms with Crippen molar-refractivity contribution in [3.05, 3.63) is 89.4 Å². The van der Waals surface area contributed by atoms with E-state index in [0.717, 1.165) is 22.9 Å². The molecule has 36 heavy (non-hydrogen) atoms. The van der Waals surface area contributed by atoms with Crippen LogP contribution in [0, 0.1) is 6.92 Å². The number of pyridine rings is 1. The lowest BCUT2D eigenvalue weighted by Gasteiger charge is -2.19. The number of nitrogens with zero attached hydrogens (tertiary/aromatic N) is 2. The van der Waals surface area contributed by atoms with Crippen LogP contribution >= 0.6 is 0 Å². The van der Waals surface area contributed by atoms with Gasteiger partial charge in [-0.2, -0.15) is 13.2 Å². The highest BCUT2D eigenvalue weighted by Gasteiger charge is 2.34. The van der Waals surface area contributed by atoms with Gasteiger partial charge in [0, 0.05) is 54.7 Å². The van der Waals surface area contributed by atoms with Crippen LogP contribution in [-0.2, 0) is 10.9 Å². The minimum atomic E-state index is -4.60. The van der Waals surface area contributed by atoms with Crippen LogP contribution in [0.1, 0.15) is 27.0 Å². The molecule has 188 valence electrons. The summed E-state index contributed by atoms with van der Waals surface area (Å²) in [6.45, 7) is 2.36. The van der Waals surface area contributed by atoms with Gasteiger partial charge in [0.25, 0.3) is 5.91 Å². The van der Waals surface area contributed by atoms with Crippen molar-refractivity contribution in [1.82, 2.24) is 15.9 Å². The Kier molecular flexibility index (Phi) is 7.41. The van der Waals surface area contributed by atoms with Crippen LogP contribution in [0.25, 0.3) is 5.70 Å². The van der Waals surface area contributed by atoms with E-state index < -0.39 is 17.6 Å². The van der Waals surface area contributed by atoms with Gasteiger partial charge in [0.2, 0.25) is 0 Å². The van der Waals surface area contributed by atoms with Gasteiger partial charge >= 0.3 is 6.18 Å². The SMILES string of the molecule is COCCNc1ccc(NC(=O)c2ccc(C)c(N3C=C(c4cccnc4)NN3)c2)cc1C(F)(F)F. The van der Waals surface area contributed by atoms with Crippen molar-refractivity contribution in [2.45, 2.75) is 13.1 Å². The van der Waals surface area contributed by atoms with Gasteiger partial charge < -0.3 is 20.8 Å². The third-order valence-corrected chi connectivity index (χ3v) is 5.48. The number of carbonyl (C=O) groups is 1. The molecule has 0 bridgehead atoms. The normalized spacial score (nSPS) is 13.2. The zero-order valence-electron chi connectivity index (χ0n) is 19.6. The van der Waals surface area contributed by atoms with E-state index in [1.807, 2.05) is 25.3 Å². The number of hydrogen-bond donors (Lipinski definition) is 4. The summed E-state index contributed by atoms with van der Waals surface area (Å²) in [5, 5.41) is 6.99. The molecule has 11 heteroatoms. The van der Waals surface area contributed by atoms with E-state index in [9.17, 15) is 18.0 Å². The van der Waals surface area contributed by atoms with E-state index in [1.54, 1.807) is 35.6 Å². The molecule has 3 aromatic rings. The van der Waals surface area contributed by atoms with Crippen LogP contribution < -0.4 is 26.6 Å². The largest absolute Gasteiger partial charge is 0.418 e. The first-order valence-electron chi connectivity index (χ1n) is 11.1. The van der Waals surface area contributed by atoms with E-state index in [4.69, 9.17) is 4.74 Å². The van der Waals surface area contributed by atoms with Crippen molar-refractivity contribution in [2.24, 2.45) is 0 Å². The summed E-state index contributed by atoms with van der Waals surface area (Å²) in [5.41, 5.74) is 8.69. The van der Waals surface area contributed by atoms with Crippen molar-refractivity contribution in [1.29, 1.82) is 0 Å². The number of benzene rings is 2. The van der Waals surface area contributed by atoms with Gasteiger partial charge in [-0.25, -0.2) is 0 Å². The first-order chi connectivity index (χ1) is 17.3. The van der Waals surface area contributed by atoms with Crippen LogP contribution in [0.15, 0.2) is 67.1 Å². The molecular formula is C25H25F3N6O2. The van der Waals surface area contributed by atoms with Gasteiger partial charge in [-0.05, 0) is 55.0 Å². The maximum atomic E-state index is 13.6. The lowest BCUT2D eigenvalue weighted by atomic mass is 10.1. The van der Waals surface area contributed by atoms with E-state index in [0.29, 0.717) is 5.69 Å². The fourth-order valence-corrected chi connectivity index (χ4v) is 3.62. The molecule has 0 saturated carbocycles. The lowest BCUT2D eigenvalue weighted by molar-refractivity contribution is -0.136. The average molecular weight is 499 g/mol. The molecule has 0 saturated heterocycles. The van der Waals surface area contributed by atoms with E-state index in [1.165, 1.54) is 19.2 Å².